The van der Waals surface area contributed by atoms with Gasteiger partial charge in [-0.2, -0.15) is 0 Å². The Hall–Kier alpha value is -9.15. The van der Waals surface area contributed by atoms with Gasteiger partial charge in [0.2, 0.25) is 0 Å². The van der Waals surface area contributed by atoms with E-state index in [0.29, 0.717) is 0 Å². The van der Waals surface area contributed by atoms with Crippen LogP contribution in [0.4, 0.5) is 0 Å². The first-order valence-electron chi connectivity index (χ1n) is 25.7. The Morgan fingerprint density at radius 2 is 0.932 bits per heavy atom. The molecule has 0 aliphatic heterocycles. The summed E-state index contributed by atoms with van der Waals surface area (Å²) in [5, 5.41) is 6.11. The van der Waals surface area contributed by atoms with E-state index in [0.717, 1.165) is 27.8 Å². The molecule has 0 saturated carbocycles. The van der Waals surface area contributed by atoms with Crippen LogP contribution in [0.5, 0.6) is 0 Å². The number of benzene rings is 11. The molecule has 0 amide bonds. The lowest BCUT2D eigenvalue weighted by molar-refractivity contribution is 0.769. The van der Waals surface area contributed by atoms with E-state index >= 15 is 0 Å². The third-order valence-electron chi connectivity index (χ3n) is 17.1. The van der Waals surface area contributed by atoms with E-state index in [2.05, 4.69) is 259 Å². The van der Waals surface area contributed by atoms with E-state index in [1.165, 1.54) is 120 Å². The molecule has 0 radical (unpaired) electrons. The molecule has 0 fully saturated rings. The number of aromatic nitrogens is 2. The van der Waals surface area contributed by atoms with Crippen LogP contribution in [0.15, 0.2) is 255 Å². The highest BCUT2D eigenvalue weighted by molar-refractivity contribution is 7.26. The van der Waals surface area contributed by atoms with E-state index in [1.54, 1.807) is 0 Å². The molecule has 1 spiro atoms. The van der Waals surface area contributed by atoms with Crippen molar-refractivity contribution < 1.29 is 0 Å². The summed E-state index contributed by atoms with van der Waals surface area (Å²) in [6.07, 6.45) is 0. The predicted molar refractivity (Wildman–Crippen MR) is 308 cm³/mol. The maximum Gasteiger partial charge on any atom is 0.0789 e. The number of fused-ring (bicyclic) bond motifs is 22. The Morgan fingerprint density at radius 3 is 1.64 bits per heavy atom. The standard InChI is InChI=1S/C71H42N2S/c1-3-21-44(22-4-1)70(45-23-5-2-6-24-45)56-32-13-9-28-49(56)54-42-63-55(41-61(54)70)69-68(52-31-12-18-37-64(52)74-69)73(63)46-25-19-20-43(40-46)67-53-38-39-60-66(65(53)51-30-11-17-36-62(51)72-67)50-29-10-16-35-59(50)71(60)57-33-14-7-26-47(57)48-27-8-15-34-58(48)71/h1-42H. The van der Waals surface area contributed by atoms with Gasteiger partial charge in [0.25, 0.3) is 0 Å². The molecule has 14 aromatic rings. The Balaban J connectivity index is 0.938. The third kappa shape index (κ3) is 4.97. The van der Waals surface area contributed by atoms with Gasteiger partial charge in [-0.25, -0.2) is 4.98 Å². The van der Waals surface area contributed by atoms with Gasteiger partial charge in [0, 0.05) is 42.9 Å². The van der Waals surface area contributed by atoms with Crippen LogP contribution in [-0.4, -0.2) is 9.55 Å². The number of para-hydroxylation sites is 1. The Kier molecular flexibility index (Phi) is 8.05. The number of nitrogens with zero attached hydrogens (tertiary/aromatic N) is 2. The van der Waals surface area contributed by atoms with Gasteiger partial charge in [0.05, 0.1) is 37.8 Å². The second kappa shape index (κ2) is 14.7. The Morgan fingerprint density at radius 1 is 0.365 bits per heavy atom. The summed E-state index contributed by atoms with van der Waals surface area (Å²) in [7, 11) is 0. The first-order chi connectivity index (χ1) is 36.7. The topological polar surface area (TPSA) is 17.8 Å². The zero-order chi connectivity index (χ0) is 48.3. The normalized spacial score (nSPS) is 14.2. The molecule has 3 heteroatoms. The van der Waals surface area contributed by atoms with Gasteiger partial charge in [-0.1, -0.05) is 218 Å². The Bertz CT molecular complexity index is 4640. The van der Waals surface area contributed by atoms with E-state index in [9.17, 15) is 0 Å². The minimum absolute atomic E-state index is 0.440. The van der Waals surface area contributed by atoms with Gasteiger partial charge in [0.1, 0.15) is 0 Å². The lowest BCUT2D eigenvalue weighted by Crippen LogP contribution is -2.28. The molecule has 11 aromatic carbocycles. The summed E-state index contributed by atoms with van der Waals surface area (Å²) in [6.45, 7) is 0. The van der Waals surface area contributed by atoms with Gasteiger partial charge in [-0.3, -0.25) is 0 Å². The van der Waals surface area contributed by atoms with Crippen molar-refractivity contribution in [1.29, 1.82) is 0 Å². The predicted octanol–water partition coefficient (Wildman–Crippen LogP) is 18.1. The number of hydrogen-bond donors (Lipinski definition) is 0. The van der Waals surface area contributed by atoms with Crippen LogP contribution < -0.4 is 0 Å². The second-order valence-corrected chi connectivity index (χ2v) is 21.4. The van der Waals surface area contributed by atoms with Crippen LogP contribution >= 0.6 is 11.3 Å². The van der Waals surface area contributed by atoms with Crippen molar-refractivity contribution in [3.63, 3.8) is 0 Å². The number of hydrogen-bond acceptors (Lipinski definition) is 2. The van der Waals surface area contributed by atoms with Crippen molar-refractivity contribution in [2.45, 2.75) is 10.8 Å². The first kappa shape index (κ1) is 40.4. The van der Waals surface area contributed by atoms with Crippen LogP contribution in [-0.2, 0) is 10.8 Å². The summed E-state index contributed by atoms with van der Waals surface area (Å²) >= 11 is 1.90. The molecule has 342 valence electrons. The quantitative estimate of drug-likeness (QED) is 0.161. The molecule has 3 aliphatic rings. The average molecular weight is 955 g/mol. The van der Waals surface area contributed by atoms with Crippen molar-refractivity contribution in [3.05, 3.63) is 299 Å². The maximum absolute atomic E-state index is 5.64. The highest BCUT2D eigenvalue weighted by atomic mass is 32.1. The van der Waals surface area contributed by atoms with E-state index in [-0.39, 0.29) is 0 Å². The summed E-state index contributed by atoms with van der Waals surface area (Å²) in [6, 6.07) is 95.5. The summed E-state index contributed by atoms with van der Waals surface area (Å²) in [5.41, 5.74) is 24.0. The van der Waals surface area contributed by atoms with Crippen LogP contribution in [0.3, 0.4) is 0 Å². The van der Waals surface area contributed by atoms with Crippen molar-refractivity contribution in [2.75, 3.05) is 0 Å². The van der Waals surface area contributed by atoms with Crippen molar-refractivity contribution >= 4 is 64.2 Å². The first-order valence-corrected chi connectivity index (χ1v) is 26.5. The van der Waals surface area contributed by atoms with Crippen LogP contribution in [0.1, 0.15) is 44.5 Å². The molecule has 2 nitrogen and oxygen atoms in total. The molecule has 0 N–H and O–H groups in total. The average Bonchev–Trinajstić information content (AvgIpc) is 4.37. The fourth-order valence-corrected chi connectivity index (χ4v) is 15.5. The fourth-order valence-electron chi connectivity index (χ4n) is 14.3. The van der Waals surface area contributed by atoms with Gasteiger partial charge >= 0.3 is 0 Å². The minimum Gasteiger partial charge on any atom is -0.308 e. The van der Waals surface area contributed by atoms with Gasteiger partial charge < -0.3 is 4.57 Å². The van der Waals surface area contributed by atoms with Gasteiger partial charge in [-0.05, 0) is 114 Å². The number of thiophene rings is 1. The molecule has 0 atom stereocenters. The summed E-state index contributed by atoms with van der Waals surface area (Å²) in [5.74, 6) is 0. The number of pyridine rings is 1. The van der Waals surface area contributed by atoms with Crippen molar-refractivity contribution in [3.8, 4) is 50.3 Å². The summed E-state index contributed by atoms with van der Waals surface area (Å²) < 4.78 is 5.14. The molecular formula is C71H42N2S. The van der Waals surface area contributed by atoms with Gasteiger partial charge in [-0.15, -0.1) is 11.3 Å². The molecule has 0 bridgehead atoms. The second-order valence-electron chi connectivity index (χ2n) is 20.4. The monoisotopic (exact) mass is 954 g/mol. The molecular weight excluding hydrogens is 913 g/mol. The SMILES string of the molecule is c1ccc(C2(c3ccccc3)c3ccccc3-c3cc4c(cc32)c2sc3ccccc3c2n4-c2cccc(-c3nc4ccccc4c4c5c(ccc34)C3(c4ccccc4-c4ccccc43)c3ccccc3-5)c2)cc1. The fraction of sp³-hybridized carbons (Fsp3) is 0.0282. The molecule has 17 rings (SSSR count). The third-order valence-corrected chi connectivity index (χ3v) is 18.2. The molecule has 0 saturated heterocycles. The van der Waals surface area contributed by atoms with Crippen molar-refractivity contribution in [2.24, 2.45) is 0 Å². The smallest absolute Gasteiger partial charge is 0.0789 e. The van der Waals surface area contributed by atoms with Crippen molar-refractivity contribution in [1.82, 2.24) is 9.55 Å². The van der Waals surface area contributed by atoms with E-state index in [1.807, 2.05) is 11.3 Å². The van der Waals surface area contributed by atoms with Crippen LogP contribution in [0.2, 0.25) is 0 Å². The van der Waals surface area contributed by atoms with Gasteiger partial charge in [0.15, 0.2) is 0 Å². The highest BCUT2D eigenvalue weighted by Gasteiger charge is 2.52. The lowest BCUT2D eigenvalue weighted by Gasteiger charge is -2.33. The van der Waals surface area contributed by atoms with Crippen LogP contribution in [0.25, 0.3) is 103 Å². The summed E-state index contributed by atoms with van der Waals surface area (Å²) in [4.78, 5) is 5.64. The molecule has 3 heterocycles. The highest BCUT2D eigenvalue weighted by Crippen LogP contribution is 2.65. The zero-order valence-electron chi connectivity index (χ0n) is 40.1. The minimum atomic E-state index is -0.499. The molecule has 74 heavy (non-hydrogen) atoms. The molecule has 0 unspecified atom stereocenters. The molecule has 3 aliphatic carbocycles. The number of rotatable bonds is 4. The molecule has 3 aromatic heterocycles. The van der Waals surface area contributed by atoms with E-state index < -0.39 is 10.8 Å². The van der Waals surface area contributed by atoms with Crippen LogP contribution in [0, 0.1) is 0 Å². The van der Waals surface area contributed by atoms with E-state index in [4.69, 9.17) is 4.98 Å². The maximum atomic E-state index is 5.64. The Labute approximate surface area is 431 Å². The zero-order valence-corrected chi connectivity index (χ0v) is 40.9. The lowest BCUT2D eigenvalue weighted by atomic mass is 9.67. The largest absolute Gasteiger partial charge is 0.308 e.